The van der Waals surface area contributed by atoms with Gasteiger partial charge in [-0.2, -0.15) is 0 Å². The Bertz CT molecular complexity index is 676. The second kappa shape index (κ2) is 7.65. The summed E-state index contributed by atoms with van der Waals surface area (Å²) < 4.78 is 0. The first-order valence-corrected chi connectivity index (χ1v) is 8.95. The third kappa shape index (κ3) is 4.84. The average molecular weight is 324 g/mol. The van der Waals surface area contributed by atoms with Crippen LogP contribution in [0.15, 0.2) is 60.7 Å². The molecule has 2 heteroatoms. The van der Waals surface area contributed by atoms with E-state index in [0.717, 1.165) is 21.8 Å². The van der Waals surface area contributed by atoms with Crippen LogP contribution >= 0.6 is 11.8 Å². The van der Waals surface area contributed by atoms with Gasteiger partial charge in [0.05, 0.1) is 0 Å². The van der Waals surface area contributed by atoms with Crippen LogP contribution in [0, 0.1) is 0 Å². The summed E-state index contributed by atoms with van der Waals surface area (Å²) in [6.45, 7) is 8.73. The van der Waals surface area contributed by atoms with E-state index in [2.05, 4.69) is 52.0 Å². The van der Waals surface area contributed by atoms with Crippen LogP contribution in [0.5, 0.6) is 0 Å². The number of thioether (sulfide) groups is 1. The van der Waals surface area contributed by atoms with Crippen molar-refractivity contribution in [2.75, 3.05) is 5.75 Å². The monoisotopic (exact) mass is 324 g/mol. The van der Waals surface area contributed by atoms with Crippen LogP contribution in [0.25, 0.3) is 4.91 Å². The molecule has 0 amide bonds. The summed E-state index contributed by atoms with van der Waals surface area (Å²) in [5.41, 5.74) is 3.28. The standard InChI is InChI=1S/C21H24OS/c1-5-23-20(15-19(22)16-9-7-6-8-10-16)17-11-13-18(14-12-17)21(2,3)4/h6-15H,5H2,1-4H3. The predicted molar refractivity (Wildman–Crippen MR) is 102 cm³/mol. The zero-order chi connectivity index (χ0) is 16.9. The van der Waals surface area contributed by atoms with E-state index < -0.39 is 0 Å². The molecule has 0 aliphatic heterocycles. The van der Waals surface area contributed by atoms with Gasteiger partial charge in [0.1, 0.15) is 0 Å². The van der Waals surface area contributed by atoms with Gasteiger partial charge in [-0.1, -0.05) is 82.3 Å². The van der Waals surface area contributed by atoms with Crippen molar-refractivity contribution in [2.45, 2.75) is 33.1 Å². The van der Waals surface area contributed by atoms with E-state index in [4.69, 9.17) is 0 Å². The van der Waals surface area contributed by atoms with E-state index in [1.807, 2.05) is 30.3 Å². The summed E-state index contributed by atoms with van der Waals surface area (Å²) >= 11 is 1.71. The van der Waals surface area contributed by atoms with Crippen LogP contribution in [-0.2, 0) is 5.41 Å². The Morgan fingerprint density at radius 2 is 1.57 bits per heavy atom. The van der Waals surface area contributed by atoms with E-state index in [9.17, 15) is 4.79 Å². The highest BCUT2D eigenvalue weighted by Gasteiger charge is 2.14. The van der Waals surface area contributed by atoms with Gasteiger partial charge >= 0.3 is 0 Å². The zero-order valence-electron chi connectivity index (χ0n) is 14.3. The molecule has 0 atom stereocenters. The lowest BCUT2D eigenvalue weighted by Gasteiger charge is -2.19. The molecule has 0 saturated heterocycles. The topological polar surface area (TPSA) is 17.1 Å². The lowest BCUT2D eigenvalue weighted by Crippen LogP contribution is -2.10. The van der Waals surface area contributed by atoms with Crippen LogP contribution in [0.3, 0.4) is 0 Å². The molecule has 2 rings (SSSR count). The zero-order valence-corrected chi connectivity index (χ0v) is 15.1. The van der Waals surface area contributed by atoms with Crippen LogP contribution in [0.1, 0.15) is 49.2 Å². The normalized spacial score (nSPS) is 12.3. The fourth-order valence-electron chi connectivity index (χ4n) is 2.30. The third-order valence-corrected chi connectivity index (χ3v) is 4.61. The number of benzene rings is 2. The summed E-state index contributed by atoms with van der Waals surface area (Å²) in [7, 11) is 0. The number of carbonyl (C=O) groups excluding carboxylic acids is 1. The Morgan fingerprint density at radius 1 is 0.957 bits per heavy atom. The van der Waals surface area contributed by atoms with Gasteiger partial charge < -0.3 is 0 Å². The molecule has 23 heavy (non-hydrogen) atoms. The highest BCUT2D eigenvalue weighted by molar-refractivity contribution is 8.08. The smallest absolute Gasteiger partial charge is 0.186 e. The molecule has 0 N–H and O–H groups in total. The Balaban J connectivity index is 2.31. The first-order chi connectivity index (χ1) is 10.9. The molecule has 0 heterocycles. The second-order valence-electron chi connectivity index (χ2n) is 6.50. The summed E-state index contributed by atoms with van der Waals surface area (Å²) in [4.78, 5) is 13.5. The molecule has 120 valence electrons. The van der Waals surface area contributed by atoms with Crippen molar-refractivity contribution in [3.63, 3.8) is 0 Å². The maximum absolute atomic E-state index is 12.4. The van der Waals surface area contributed by atoms with Crippen molar-refractivity contribution < 1.29 is 4.79 Å². The molecule has 0 aliphatic rings. The first-order valence-electron chi connectivity index (χ1n) is 7.96. The van der Waals surface area contributed by atoms with Gasteiger partial charge in [0.25, 0.3) is 0 Å². The van der Waals surface area contributed by atoms with E-state index in [1.54, 1.807) is 17.8 Å². The Hall–Kier alpha value is -1.80. The average Bonchev–Trinajstić information content (AvgIpc) is 2.54. The lowest BCUT2D eigenvalue weighted by atomic mass is 9.86. The van der Waals surface area contributed by atoms with Crippen molar-refractivity contribution >= 4 is 22.5 Å². The molecule has 0 saturated carbocycles. The summed E-state index contributed by atoms with van der Waals surface area (Å²) in [6, 6.07) is 18.0. The molecule has 0 radical (unpaired) electrons. The molecule has 0 spiro atoms. The Morgan fingerprint density at radius 3 is 2.09 bits per heavy atom. The van der Waals surface area contributed by atoms with E-state index >= 15 is 0 Å². The van der Waals surface area contributed by atoms with Gasteiger partial charge in [-0.05, 0) is 22.3 Å². The number of ketones is 1. The van der Waals surface area contributed by atoms with E-state index in [1.165, 1.54) is 5.56 Å². The van der Waals surface area contributed by atoms with Gasteiger partial charge in [0, 0.05) is 16.5 Å². The van der Waals surface area contributed by atoms with Gasteiger partial charge in [-0.25, -0.2) is 0 Å². The molecule has 0 fully saturated rings. The SMILES string of the molecule is CCSC(=CC(=O)c1ccccc1)c1ccc(C(C)(C)C)cc1. The molecule has 1 nitrogen and oxygen atoms in total. The number of hydrogen-bond acceptors (Lipinski definition) is 2. The molecule has 0 bridgehead atoms. The minimum atomic E-state index is 0.0569. The highest BCUT2D eigenvalue weighted by atomic mass is 32.2. The quantitative estimate of drug-likeness (QED) is 0.498. The molecule has 0 aromatic heterocycles. The van der Waals surface area contributed by atoms with Crippen LogP contribution in [0.4, 0.5) is 0 Å². The minimum absolute atomic E-state index is 0.0569. The first kappa shape index (κ1) is 17.6. The molecule has 2 aromatic rings. The number of rotatable bonds is 5. The molecular formula is C21H24OS. The number of carbonyl (C=O) groups is 1. The fraction of sp³-hybridized carbons (Fsp3) is 0.286. The second-order valence-corrected chi connectivity index (χ2v) is 7.81. The van der Waals surface area contributed by atoms with Crippen LogP contribution in [-0.4, -0.2) is 11.5 Å². The van der Waals surface area contributed by atoms with Crippen LogP contribution < -0.4 is 0 Å². The number of allylic oxidation sites excluding steroid dienone is 1. The Labute approximate surface area is 143 Å². The van der Waals surface area contributed by atoms with E-state index in [0.29, 0.717) is 0 Å². The van der Waals surface area contributed by atoms with Crippen LogP contribution in [0.2, 0.25) is 0 Å². The molecule has 0 unspecified atom stereocenters. The van der Waals surface area contributed by atoms with Crippen molar-refractivity contribution in [3.8, 4) is 0 Å². The fourth-order valence-corrected chi connectivity index (χ4v) is 3.11. The highest BCUT2D eigenvalue weighted by Crippen LogP contribution is 2.30. The summed E-state index contributed by atoms with van der Waals surface area (Å²) in [6.07, 6.45) is 1.76. The van der Waals surface area contributed by atoms with Gasteiger partial charge in [-0.15, -0.1) is 11.8 Å². The molecular weight excluding hydrogens is 300 g/mol. The molecule has 2 aromatic carbocycles. The third-order valence-electron chi connectivity index (χ3n) is 3.66. The lowest BCUT2D eigenvalue weighted by molar-refractivity contribution is 0.104. The largest absolute Gasteiger partial charge is 0.289 e. The maximum atomic E-state index is 12.4. The van der Waals surface area contributed by atoms with Crippen molar-refractivity contribution in [1.82, 2.24) is 0 Å². The minimum Gasteiger partial charge on any atom is -0.289 e. The van der Waals surface area contributed by atoms with Gasteiger partial charge in [0.15, 0.2) is 5.78 Å². The summed E-state index contributed by atoms with van der Waals surface area (Å²) in [5.74, 6) is 0.996. The van der Waals surface area contributed by atoms with Crippen molar-refractivity contribution in [1.29, 1.82) is 0 Å². The summed E-state index contributed by atoms with van der Waals surface area (Å²) in [5, 5.41) is 0. The van der Waals surface area contributed by atoms with Crippen molar-refractivity contribution in [2.24, 2.45) is 0 Å². The maximum Gasteiger partial charge on any atom is 0.186 e. The Kier molecular flexibility index (Phi) is 5.84. The van der Waals surface area contributed by atoms with Crippen molar-refractivity contribution in [3.05, 3.63) is 77.4 Å². The number of hydrogen-bond donors (Lipinski definition) is 0. The van der Waals surface area contributed by atoms with Gasteiger partial charge in [0.2, 0.25) is 0 Å². The predicted octanol–water partition coefficient (Wildman–Crippen LogP) is 5.96. The molecule has 0 aliphatic carbocycles. The van der Waals surface area contributed by atoms with Gasteiger partial charge in [-0.3, -0.25) is 4.79 Å². The van der Waals surface area contributed by atoms with E-state index in [-0.39, 0.29) is 11.2 Å².